The number of Topliss-reactive ketones (excluding diaryl/α,β-unsaturated/α-hetero) is 1. The third-order valence-electron chi connectivity index (χ3n) is 3.32. The summed E-state index contributed by atoms with van der Waals surface area (Å²) in [4.78, 5) is 30.8. The SMILES string of the molecule is CC(=O)c1c[nH]c(C(=O)Nc2cccc(-c3nc(C)cs3)c2)c1. The fraction of sp³-hybridized carbons (Fsp3) is 0.118. The highest BCUT2D eigenvalue weighted by Crippen LogP contribution is 2.26. The van der Waals surface area contributed by atoms with Crippen LogP contribution in [0.4, 0.5) is 5.69 Å². The molecule has 23 heavy (non-hydrogen) atoms. The summed E-state index contributed by atoms with van der Waals surface area (Å²) in [5.41, 5.74) is 3.45. The zero-order chi connectivity index (χ0) is 16.4. The summed E-state index contributed by atoms with van der Waals surface area (Å²) in [6.07, 6.45) is 1.53. The molecule has 0 fully saturated rings. The van der Waals surface area contributed by atoms with Crippen molar-refractivity contribution in [3.8, 4) is 10.6 Å². The number of H-pyrrole nitrogens is 1. The van der Waals surface area contributed by atoms with E-state index in [-0.39, 0.29) is 11.7 Å². The monoisotopic (exact) mass is 325 g/mol. The van der Waals surface area contributed by atoms with Crippen molar-refractivity contribution >= 4 is 28.7 Å². The van der Waals surface area contributed by atoms with E-state index in [2.05, 4.69) is 15.3 Å². The number of aromatic nitrogens is 2. The molecule has 3 rings (SSSR count). The predicted molar refractivity (Wildman–Crippen MR) is 91.0 cm³/mol. The highest BCUT2D eigenvalue weighted by atomic mass is 32.1. The Hall–Kier alpha value is -2.73. The van der Waals surface area contributed by atoms with E-state index in [1.807, 2.05) is 36.6 Å². The second kappa shape index (κ2) is 6.18. The number of nitrogens with zero attached hydrogens (tertiary/aromatic N) is 1. The lowest BCUT2D eigenvalue weighted by Crippen LogP contribution is -2.12. The number of anilines is 1. The molecule has 0 saturated carbocycles. The number of nitrogens with one attached hydrogen (secondary N) is 2. The van der Waals surface area contributed by atoms with Gasteiger partial charge in [-0.2, -0.15) is 0 Å². The van der Waals surface area contributed by atoms with Crippen molar-refractivity contribution in [3.63, 3.8) is 0 Å². The minimum absolute atomic E-state index is 0.0820. The van der Waals surface area contributed by atoms with Gasteiger partial charge >= 0.3 is 0 Å². The average Bonchev–Trinajstić information content (AvgIpc) is 3.16. The molecule has 0 atom stereocenters. The molecule has 1 aromatic carbocycles. The number of hydrogen-bond acceptors (Lipinski definition) is 4. The maximum absolute atomic E-state index is 12.2. The van der Waals surface area contributed by atoms with Crippen LogP contribution in [0.1, 0.15) is 33.5 Å². The highest BCUT2D eigenvalue weighted by Gasteiger charge is 2.11. The Morgan fingerprint density at radius 1 is 1.26 bits per heavy atom. The van der Waals surface area contributed by atoms with Gasteiger partial charge in [-0.3, -0.25) is 9.59 Å². The third kappa shape index (κ3) is 3.37. The van der Waals surface area contributed by atoms with Crippen molar-refractivity contribution in [2.24, 2.45) is 0 Å². The quantitative estimate of drug-likeness (QED) is 0.714. The van der Waals surface area contributed by atoms with E-state index in [1.165, 1.54) is 13.1 Å². The topological polar surface area (TPSA) is 74.8 Å². The number of carbonyl (C=O) groups is 2. The van der Waals surface area contributed by atoms with Crippen LogP contribution in [0.25, 0.3) is 10.6 Å². The molecule has 0 aliphatic rings. The van der Waals surface area contributed by atoms with Crippen molar-refractivity contribution in [2.75, 3.05) is 5.32 Å². The van der Waals surface area contributed by atoms with E-state index >= 15 is 0 Å². The van der Waals surface area contributed by atoms with Crippen LogP contribution in [0.5, 0.6) is 0 Å². The molecule has 0 aliphatic carbocycles. The predicted octanol–water partition coefficient (Wildman–Crippen LogP) is 3.90. The Bertz CT molecular complexity index is 879. The molecular weight excluding hydrogens is 310 g/mol. The Labute approximate surface area is 137 Å². The first-order valence-electron chi connectivity index (χ1n) is 7.06. The minimum atomic E-state index is -0.287. The van der Waals surface area contributed by atoms with Crippen LogP contribution < -0.4 is 5.32 Å². The zero-order valence-electron chi connectivity index (χ0n) is 12.7. The Morgan fingerprint density at radius 3 is 2.74 bits per heavy atom. The van der Waals surface area contributed by atoms with Gasteiger partial charge < -0.3 is 10.3 Å². The molecule has 0 bridgehead atoms. The van der Waals surface area contributed by atoms with Crippen LogP contribution in [0.3, 0.4) is 0 Å². The Balaban J connectivity index is 1.79. The third-order valence-corrected chi connectivity index (χ3v) is 4.33. The second-order valence-corrected chi connectivity index (χ2v) is 6.05. The number of rotatable bonds is 4. The number of benzene rings is 1. The van der Waals surface area contributed by atoms with Crippen molar-refractivity contribution in [1.29, 1.82) is 0 Å². The first kappa shape index (κ1) is 15.2. The van der Waals surface area contributed by atoms with Gasteiger partial charge in [-0.05, 0) is 32.0 Å². The molecule has 0 aliphatic heterocycles. The van der Waals surface area contributed by atoms with Crippen molar-refractivity contribution in [3.05, 3.63) is 58.9 Å². The standard InChI is InChI=1S/C17H15N3O2S/c1-10-9-23-17(19-10)12-4-3-5-14(6-12)20-16(22)15-7-13(8-18-15)11(2)21/h3-9,18H,1-2H3,(H,20,22). The molecule has 1 amide bonds. The smallest absolute Gasteiger partial charge is 0.272 e. The van der Waals surface area contributed by atoms with E-state index < -0.39 is 0 Å². The summed E-state index contributed by atoms with van der Waals surface area (Å²) in [6, 6.07) is 9.07. The summed E-state index contributed by atoms with van der Waals surface area (Å²) in [7, 11) is 0. The zero-order valence-corrected chi connectivity index (χ0v) is 13.5. The van der Waals surface area contributed by atoms with Crippen LogP contribution >= 0.6 is 11.3 Å². The number of carbonyl (C=O) groups excluding carboxylic acids is 2. The molecule has 116 valence electrons. The molecule has 3 aromatic rings. The first-order chi connectivity index (χ1) is 11.0. The van der Waals surface area contributed by atoms with Crippen molar-refractivity contribution in [2.45, 2.75) is 13.8 Å². The summed E-state index contributed by atoms with van der Waals surface area (Å²) in [5, 5.41) is 5.73. The average molecular weight is 325 g/mol. The number of thiazole rings is 1. The summed E-state index contributed by atoms with van der Waals surface area (Å²) in [5.74, 6) is -0.369. The van der Waals surface area contributed by atoms with Gasteiger partial charge in [0.05, 0.1) is 0 Å². The molecule has 2 N–H and O–H groups in total. The number of amides is 1. The lowest BCUT2D eigenvalue weighted by atomic mass is 10.2. The van der Waals surface area contributed by atoms with E-state index in [9.17, 15) is 9.59 Å². The van der Waals surface area contributed by atoms with Gasteiger partial charge in [-0.25, -0.2) is 4.98 Å². The molecule has 0 spiro atoms. The first-order valence-corrected chi connectivity index (χ1v) is 7.94. The van der Waals surface area contributed by atoms with Gasteiger partial charge in [0.25, 0.3) is 5.91 Å². The molecule has 0 saturated heterocycles. The fourth-order valence-electron chi connectivity index (χ4n) is 2.14. The van der Waals surface area contributed by atoms with Crippen LogP contribution in [0.15, 0.2) is 41.9 Å². The largest absolute Gasteiger partial charge is 0.356 e. The summed E-state index contributed by atoms with van der Waals surface area (Å²) >= 11 is 1.57. The van der Waals surface area contributed by atoms with E-state index in [0.29, 0.717) is 16.9 Å². The van der Waals surface area contributed by atoms with Crippen LogP contribution in [0.2, 0.25) is 0 Å². The molecule has 2 heterocycles. The summed E-state index contributed by atoms with van der Waals surface area (Å²) in [6.45, 7) is 3.41. The van der Waals surface area contributed by atoms with Crippen LogP contribution in [-0.2, 0) is 0 Å². The minimum Gasteiger partial charge on any atom is -0.356 e. The lowest BCUT2D eigenvalue weighted by Gasteiger charge is -2.05. The van der Waals surface area contributed by atoms with Gasteiger partial charge in [0.1, 0.15) is 10.7 Å². The molecule has 0 unspecified atom stereocenters. The molecule has 2 aromatic heterocycles. The van der Waals surface area contributed by atoms with Gasteiger partial charge in [-0.15, -0.1) is 11.3 Å². The van der Waals surface area contributed by atoms with Gasteiger partial charge in [0, 0.05) is 34.1 Å². The van der Waals surface area contributed by atoms with Crippen molar-refractivity contribution in [1.82, 2.24) is 9.97 Å². The van der Waals surface area contributed by atoms with Gasteiger partial charge in [-0.1, -0.05) is 12.1 Å². The van der Waals surface area contributed by atoms with Crippen LogP contribution in [0, 0.1) is 6.92 Å². The number of aryl methyl sites for hydroxylation is 1. The van der Waals surface area contributed by atoms with E-state index in [4.69, 9.17) is 0 Å². The summed E-state index contributed by atoms with van der Waals surface area (Å²) < 4.78 is 0. The number of aromatic amines is 1. The number of ketones is 1. The van der Waals surface area contributed by atoms with E-state index in [1.54, 1.807) is 17.4 Å². The maximum Gasteiger partial charge on any atom is 0.272 e. The van der Waals surface area contributed by atoms with E-state index in [0.717, 1.165) is 16.3 Å². The molecule has 0 radical (unpaired) electrons. The Morgan fingerprint density at radius 2 is 2.09 bits per heavy atom. The van der Waals surface area contributed by atoms with Crippen molar-refractivity contribution < 1.29 is 9.59 Å². The highest BCUT2D eigenvalue weighted by molar-refractivity contribution is 7.13. The molecule has 5 nitrogen and oxygen atoms in total. The maximum atomic E-state index is 12.2. The lowest BCUT2D eigenvalue weighted by molar-refractivity contribution is 0.101. The number of hydrogen-bond donors (Lipinski definition) is 2. The molecule has 6 heteroatoms. The second-order valence-electron chi connectivity index (χ2n) is 5.19. The normalized spacial score (nSPS) is 10.5. The van der Waals surface area contributed by atoms with Crippen LogP contribution in [-0.4, -0.2) is 21.7 Å². The molecular formula is C17H15N3O2S. The van der Waals surface area contributed by atoms with Gasteiger partial charge in [0.15, 0.2) is 5.78 Å². The Kier molecular flexibility index (Phi) is 4.08. The van der Waals surface area contributed by atoms with Gasteiger partial charge in [0.2, 0.25) is 0 Å². The fourth-order valence-corrected chi connectivity index (χ4v) is 2.94.